The molecule has 0 fully saturated rings. The molecule has 0 aliphatic heterocycles. The average Bonchev–Trinajstić information content (AvgIpc) is 3.22. The molecule has 0 atom stereocenters. The second kappa shape index (κ2) is 9.69. The third-order valence-corrected chi connectivity index (χ3v) is 6.20. The maximum Gasteiger partial charge on any atom is 0.264 e. The summed E-state index contributed by atoms with van der Waals surface area (Å²) < 4.78 is 5.19. The van der Waals surface area contributed by atoms with Gasteiger partial charge in [0.15, 0.2) is 0 Å². The summed E-state index contributed by atoms with van der Waals surface area (Å²) >= 11 is 1.40. The zero-order valence-electron chi connectivity index (χ0n) is 18.2. The summed E-state index contributed by atoms with van der Waals surface area (Å²) in [5.41, 5.74) is 2.82. The van der Waals surface area contributed by atoms with E-state index in [9.17, 15) is 4.79 Å². The maximum absolute atomic E-state index is 13.4. The smallest absolute Gasteiger partial charge is 0.264 e. The van der Waals surface area contributed by atoms with Crippen molar-refractivity contribution in [3.05, 3.63) is 70.8 Å². The molecule has 164 valence electrons. The quantitative estimate of drug-likeness (QED) is 0.436. The number of nitrogens with one attached hydrogen (secondary N) is 1. The molecule has 4 heterocycles. The van der Waals surface area contributed by atoms with E-state index in [1.165, 1.54) is 17.7 Å². The van der Waals surface area contributed by atoms with Gasteiger partial charge in [0.1, 0.15) is 17.0 Å². The number of thiophene rings is 1. The number of hydrogen-bond donors (Lipinski definition) is 1. The number of methoxy groups -OCH3 is 1. The number of carbonyl (C=O) groups is 1. The monoisotopic (exact) mass is 448 g/mol. The van der Waals surface area contributed by atoms with Crippen LogP contribution in [0.4, 0.5) is 5.82 Å². The zero-order valence-corrected chi connectivity index (χ0v) is 19.0. The Morgan fingerprint density at radius 1 is 1.16 bits per heavy atom. The highest BCUT2D eigenvalue weighted by Gasteiger charge is 2.23. The first-order chi connectivity index (χ1) is 15.6. The number of pyridine rings is 2. The Balaban J connectivity index is 1.61. The molecule has 32 heavy (non-hydrogen) atoms. The van der Waals surface area contributed by atoms with Gasteiger partial charge in [0, 0.05) is 32.1 Å². The number of anilines is 1. The molecule has 0 aromatic carbocycles. The first kappa shape index (κ1) is 21.6. The Hall–Kier alpha value is -3.59. The van der Waals surface area contributed by atoms with Gasteiger partial charge in [0.25, 0.3) is 5.91 Å². The standard InChI is InChI=1S/C23H24N6O2S/c1-4-17-19-21(26-12-16-7-5-6-9-24-16)27-14-28-22(19)32-20(17)23(30)29(2)13-15-8-10-25-18(11-15)31-3/h5-11,14H,4,12-13H2,1-3H3,(H,26,27,28). The van der Waals surface area contributed by atoms with Gasteiger partial charge in [-0.15, -0.1) is 11.3 Å². The van der Waals surface area contributed by atoms with Gasteiger partial charge in [-0.05, 0) is 35.7 Å². The zero-order chi connectivity index (χ0) is 22.5. The lowest BCUT2D eigenvalue weighted by Gasteiger charge is -2.17. The van der Waals surface area contributed by atoms with Gasteiger partial charge in [0.05, 0.1) is 29.6 Å². The molecule has 9 heteroatoms. The van der Waals surface area contributed by atoms with Crippen LogP contribution in [0.15, 0.2) is 49.1 Å². The summed E-state index contributed by atoms with van der Waals surface area (Å²) in [5.74, 6) is 1.20. The van der Waals surface area contributed by atoms with Crippen molar-refractivity contribution in [1.29, 1.82) is 0 Å². The molecule has 4 aromatic rings. The average molecular weight is 449 g/mol. The molecule has 0 aliphatic carbocycles. The molecule has 0 radical (unpaired) electrons. The minimum Gasteiger partial charge on any atom is -0.481 e. The second-order valence-corrected chi connectivity index (χ2v) is 8.21. The van der Waals surface area contributed by atoms with E-state index in [-0.39, 0.29) is 5.91 Å². The van der Waals surface area contributed by atoms with Crippen LogP contribution in [-0.4, -0.2) is 44.9 Å². The maximum atomic E-state index is 13.4. The van der Waals surface area contributed by atoms with Crippen LogP contribution in [0.1, 0.15) is 33.4 Å². The molecule has 0 bridgehead atoms. The highest BCUT2D eigenvalue weighted by Crippen LogP contribution is 2.35. The molecule has 0 saturated carbocycles. The molecule has 0 unspecified atom stereocenters. The van der Waals surface area contributed by atoms with Crippen molar-refractivity contribution in [2.24, 2.45) is 0 Å². The summed E-state index contributed by atoms with van der Waals surface area (Å²) in [4.78, 5) is 33.9. The largest absolute Gasteiger partial charge is 0.481 e. The Labute approximate surface area is 190 Å². The Morgan fingerprint density at radius 3 is 2.78 bits per heavy atom. The van der Waals surface area contributed by atoms with Crippen molar-refractivity contribution >= 4 is 33.3 Å². The highest BCUT2D eigenvalue weighted by atomic mass is 32.1. The SMILES string of the molecule is CCc1c(C(=O)N(C)Cc2ccnc(OC)c2)sc2ncnc(NCc3ccccn3)c12. The fourth-order valence-corrected chi connectivity index (χ4v) is 4.72. The third kappa shape index (κ3) is 4.52. The van der Waals surface area contributed by atoms with Crippen LogP contribution in [0, 0.1) is 0 Å². The van der Waals surface area contributed by atoms with E-state index in [0.29, 0.717) is 36.1 Å². The predicted molar refractivity (Wildman–Crippen MR) is 125 cm³/mol. The van der Waals surface area contributed by atoms with Gasteiger partial charge in [-0.2, -0.15) is 0 Å². The number of hydrogen-bond acceptors (Lipinski definition) is 8. The number of fused-ring (bicyclic) bond motifs is 1. The molecular weight excluding hydrogens is 424 g/mol. The van der Waals surface area contributed by atoms with Crippen molar-refractivity contribution in [3.63, 3.8) is 0 Å². The predicted octanol–water partition coefficient (Wildman–Crippen LogP) is 3.94. The van der Waals surface area contributed by atoms with Gasteiger partial charge in [-0.1, -0.05) is 13.0 Å². The Bertz CT molecular complexity index is 1230. The van der Waals surface area contributed by atoms with Gasteiger partial charge in [-0.25, -0.2) is 15.0 Å². The minimum absolute atomic E-state index is 0.0451. The number of aromatic nitrogens is 4. The van der Waals surface area contributed by atoms with Crippen LogP contribution < -0.4 is 10.1 Å². The lowest BCUT2D eigenvalue weighted by atomic mass is 10.1. The Kier molecular flexibility index (Phi) is 6.55. The number of aryl methyl sites for hydroxylation is 1. The summed E-state index contributed by atoms with van der Waals surface area (Å²) in [7, 11) is 3.37. The van der Waals surface area contributed by atoms with Gasteiger partial charge >= 0.3 is 0 Å². The highest BCUT2D eigenvalue weighted by molar-refractivity contribution is 7.20. The minimum atomic E-state index is -0.0451. The van der Waals surface area contributed by atoms with Crippen LogP contribution in [0.3, 0.4) is 0 Å². The molecule has 0 spiro atoms. The fraction of sp³-hybridized carbons (Fsp3) is 0.261. The topological polar surface area (TPSA) is 93.1 Å². The van der Waals surface area contributed by atoms with Gasteiger partial charge in [-0.3, -0.25) is 9.78 Å². The molecule has 8 nitrogen and oxygen atoms in total. The molecule has 0 aliphatic rings. The number of nitrogens with zero attached hydrogens (tertiary/aromatic N) is 5. The summed E-state index contributed by atoms with van der Waals surface area (Å²) in [6.07, 6.45) is 5.67. The normalized spacial score (nSPS) is 10.8. The summed E-state index contributed by atoms with van der Waals surface area (Å²) in [5, 5.41) is 4.26. The van der Waals surface area contributed by atoms with E-state index in [1.54, 1.807) is 31.5 Å². The number of ether oxygens (including phenoxy) is 1. The summed E-state index contributed by atoms with van der Waals surface area (Å²) in [6.45, 7) is 3.03. The molecule has 1 amide bonds. The van der Waals surface area contributed by atoms with Crippen molar-refractivity contribution in [1.82, 2.24) is 24.8 Å². The van der Waals surface area contributed by atoms with E-state index in [1.807, 2.05) is 37.3 Å². The number of amides is 1. The van der Waals surface area contributed by atoms with E-state index in [4.69, 9.17) is 4.74 Å². The molecular formula is C23H24N6O2S. The van der Waals surface area contributed by atoms with E-state index >= 15 is 0 Å². The van der Waals surface area contributed by atoms with Crippen molar-refractivity contribution in [3.8, 4) is 5.88 Å². The molecule has 4 aromatic heterocycles. The molecule has 0 saturated heterocycles. The van der Waals surface area contributed by atoms with Crippen LogP contribution in [0.25, 0.3) is 10.2 Å². The Morgan fingerprint density at radius 2 is 2.03 bits per heavy atom. The van der Waals surface area contributed by atoms with Crippen LogP contribution in [-0.2, 0) is 19.5 Å². The lowest BCUT2D eigenvalue weighted by molar-refractivity contribution is 0.0789. The van der Waals surface area contributed by atoms with Crippen LogP contribution >= 0.6 is 11.3 Å². The first-order valence-corrected chi connectivity index (χ1v) is 11.1. The van der Waals surface area contributed by atoms with Crippen LogP contribution in [0.2, 0.25) is 0 Å². The van der Waals surface area contributed by atoms with Crippen LogP contribution in [0.5, 0.6) is 5.88 Å². The van der Waals surface area contributed by atoms with Crippen molar-refractivity contribution in [2.45, 2.75) is 26.4 Å². The lowest BCUT2D eigenvalue weighted by Crippen LogP contribution is -2.26. The van der Waals surface area contributed by atoms with E-state index in [0.717, 1.165) is 27.0 Å². The van der Waals surface area contributed by atoms with Crippen molar-refractivity contribution < 1.29 is 9.53 Å². The van der Waals surface area contributed by atoms with E-state index in [2.05, 4.69) is 25.3 Å². The fourth-order valence-electron chi connectivity index (χ4n) is 3.49. The number of rotatable bonds is 8. The van der Waals surface area contributed by atoms with E-state index < -0.39 is 0 Å². The van der Waals surface area contributed by atoms with Crippen molar-refractivity contribution in [2.75, 3.05) is 19.5 Å². The molecule has 1 N–H and O–H groups in total. The molecule has 4 rings (SSSR count). The van der Waals surface area contributed by atoms with Gasteiger partial charge < -0.3 is 15.0 Å². The third-order valence-electron chi connectivity index (χ3n) is 5.07. The summed E-state index contributed by atoms with van der Waals surface area (Å²) in [6, 6.07) is 9.50. The number of carbonyl (C=O) groups excluding carboxylic acids is 1. The second-order valence-electron chi connectivity index (χ2n) is 7.21. The van der Waals surface area contributed by atoms with Gasteiger partial charge in [0.2, 0.25) is 5.88 Å². The first-order valence-electron chi connectivity index (χ1n) is 10.2.